The van der Waals surface area contributed by atoms with Gasteiger partial charge in [-0.05, 0) is 37.0 Å². The average molecular weight is 278 g/mol. The summed E-state index contributed by atoms with van der Waals surface area (Å²) >= 11 is 0. The van der Waals surface area contributed by atoms with Crippen LogP contribution in [0.2, 0.25) is 0 Å². The van der Waals surface area contributed by atoms with Crippen LogP contribution in [-0.2, 0) is 16.0 Å². The molecule has 1 aromatic rings. The molecule has 0 spiro atoms. The topological polar surface area (TPSA) is 63.4 Å². The van der Waals surface area contributed by atoms with E-state index >= 15 is 0 Å². The SMILES string of the molecule is NC(=O)CC1CCCCN1C(=O)Cc1cccc(F)c1. The van der Waals surface area contributed by atoms with E-state index in [1.807, 2.05) is 0 Å². The maximum Gasteiger partial charge on any atom is 0.227 e. The first-order valence-corrected chi connectivity index (χ1v) is 6.88. The summed E-state index contributed by atoms with van der Waals surface area (Å²) in [5, 5.41) is 0. The molecule has 0 aromatic heterocycles. The van der Waals surface area contributed by atoms with Crippen molar-refractivity contribution < 1.29 is 14.0 Å². The minimum absolute atomic E-state index is 0.0680. The zero-order valence-electron chi connectivity index (χ0n) is 11.3. The van der Waals surface area contributed by atoms with E-state index in [1.54, 1.807) is 17.0 Å². The Kier molecular flexibility index (Phi) is 4.71. The molecule has 20 heavy (non-hydrogen) atoms. The molecule has 5 heteroatoms. The van der Waals surface area contributed by atoms with Gasteiger partial charge in [-0.1, -0.05) is 12.1 Å². The second-order valence-electron chi connectivity index (χ2n) is 5.21. The molecule has 0 aliphatic carbocycles. The number of amides is 2. The van der Waals surface area contributed by atoms with Gasteiger partial charge in [0.25, 0.3) is 0 Å². The highest BCUT2D eigenvalue weighted by Crippen LogP contribution is 2.20. The number of hydrogen-bond donors (Lipinski definition) is 1. The number of hydrogen-bond acceptors (Lipinski definition) is 2. The zero-order valence-corrected chi connectivity index (χ0v) is 11.3. The summed E-state index contributed by atoms with van der Waals surface area (Å²) in [6.45, 7) is 0.645. The van der Waals surface area contributed by atoms with Crippen LogP contribution in [0.1, 0.15) is 31.2 Å². The van der Waals surface area contributed by atoms with Crippen LogP contribution in [0.25, 0.3) is 0 Å². The first kappa shape index (κ1) is 14.5. The van der Waals surface area contributed by atoms with E-state index in [4.69, 9.17) is 5.73 Å². The van der Waals surface area contributed by atoms with Gasteiger partial charge < -0.3 is 10.6 Å². The van der Waals surface area contributed by atoms with Gasteiger partial charge in [-0.3, -0.25) is 9.59 Å². The van der Waals surface area contributed by atoms with Crippen LogP contribution in [0.3, 0.4) is 0 Å². The summed E-state index contributed by atoms with van der Waals surface area (Å²) in [7, 11) is 0. The molecule has 2 rings (SSSR count). The van der Waals surface area contributed by atoms with E-state index < -0.39 is 0 Å². The monoisotopic (exact) mass is 278 g/mol. The van der Waals surface area contributed by atoms with E-state index in [9.17, 15) is 14.0 Å². The fourth-order valence-corrected chi connectivity index (χ4v) is 2.70. The minimum atomic E-state index is -0.388. The van der Waals surface area contributed by atoms with Crippen molar-refractivity contribution in [3.05, 3.63) is 35.6 Å². The second-order valence-corrected chi connectivity index (χ2v) is 5.21. The van der Waals surface area contributed by atoms with Crippen molar-refractivity contribution in [2.24, 2.45) is 5.73 Å². The largest absolute Gasteiger partial charge is 0.370 e. The van der Waals surface area contributed by atoms with Crippen LogP contribution in [0.5, 0.6) is 0 Å². The molecule has 4 nitrogen and oxygen atoms in total. The number of nitrogens with two attached hydrogens (primary N) is 1. The summed E-state index contributed by atoms with van der Waals surface area (Å²) in [5.74, 6) is -0.801. The van der Waals surface area contributed by atoms with Gasteiger partial charge in [-0.2, -0.15) is 0 Å². The molecule has 2 amide bonds. The number of carbonyl (C=O) groups excluding carboxylic acids is 2. The van der Waals surface area contributed by atoms with Crippen LogP contribution < -0.4 is 5.73 Å². The lowest BCUT2D eigenvalue weighted by Crippen LogP contribution is -2.46. The van der Waals surface area contributed by atoms with Crippen molar-refractivity contribution in [1.82, 2.24) is 4.90 Å². The Morgan fingerprint density at radius 3 is 2.85 bits per heavy atom. The van der Waals surface area contributed by atoms with Crippen LogP contribution >= 0.6 is 0 Å². The Bertz CT molecular complexity index is 504. The second kappa shape index (κ2) is 6.50. The molecular formula is C15H19FN2O2. The van der Waals surface area contributed by atoms with Gasteiger partial charge in [0, 0.05) is 19.0 Å². The first-order chi connectivity index (χ1) is 9.56. The van der Waals surface area contributed by atoms with Crippen molar-refractivity contribution in [2.75, 3.05) is 6.54 Å². The first-order valence-electron chi connectivity index (χ1n) is 6.88. The Labute approximate surface area is 117 Å². The average Bonchev–Trinajstić information content (AvgIpc) is 2.38. The fraction of sp³-hybridized carbons (Fsp3) is 0.467. The summed E-state index contributed by atoms with van der Waals surface area (Å²) in [6, 6.07) is 5.93. The van der Waals surface area contributed by atoms with Crippen LogP contribution in [0.15, 0.2) is 24.3 Å². The number of primary amides is 1. The predicted molar refractivity (Wildman–Crippen MR) is 73.3 cm³/mol. The van der Waals surface area contributed by atoms with Gasteiger partial charge in [-0.15, -0.1) is 0 Å². The summed E-state index contributed by atoms with van der Waals surface area (Å²) in [6.07, 6.45) is 3.10. The van der Waals surface area contributed by atoms with E-state index in [0.29, 0.717) is 12.1 Å². The van der Waals surface area contributed by atoms with E-state index in [2.05, 4.69) is 0 Å². The van der Waals surface area contributed by atoms with Gasteiger partial charge in [0.05, 0.1) is 6.42 Å². The third kappa shape index (κ3) is 3.79. The highest BCUT2D eigenvalue weighted by atomic mass is 19.1. The highest BCUT2D eigenvalue weighted by Gasteiger charge is 2.27. The molecule has 108 valence electrons. The molecular weight excluding hydrogens is 259 g/mol. The normalized spacial score (nSPS) is 18.9. The lowest BCUT2D eigenvalue weighted by Gasteiger charge is -2.35. The molecule has 0 radical (unpaired) electrons. The Morgan fingerprint density at radius 1 is 1.35 bits per heavy atom. The van der Waals surface area contributed by atoms with Crippen LogP contribution in [-0.4, -0.2) is 29.3 Å². The van der Waals surface area contributed by atoms with Crippen molar-refractivity contribution in [2.45, 2.75) is 38.1 Å². The van der Waals surface area contributed by atoms with Gasteiger partial charge in [-0.25, -0.2) is 4.39 Å². The highest BCUT2D eigenvalue weighted by molar-refractivity contribution is 5.80. The van der Waals surface area contributed by atoms with Crippen LogP contribution in [0, 0.1) is 5.82 Å². The van der Waals surface area contributed by atoms with Crippen molar-refractivity contribution >= 4 is 11.8 Å². The van der Waals surface area contributed by atoms with Crippen molar-refractivity contribution in [1.29, 1.82) is 0 Å². The summed E-state index contributed by atoms with van der Waals surface area (Å²) < 4.78 is 13.1. The molecule has 0 saturated carbocycles. The molecule has 1 aromatic carbocycles. The number of nitrogens with zero attached hydrogens (tertiary/aromatic N) is 1. The van der Waals surface area contributed by atoms with Gasteiger partial charge in [0.15, 0.2) is 0 Å². The lowest BCUT2D eigenvalue weighted by molar-refractivity contribution is -0.135. The molecule has 2 N–H and O–H groups in total. The Hall–Kier alpha value is -1.91. The molecule has 0 bridgehead atoms. The Morgan fingerprint density at radius 2 is 2.15 bits per heavy atom. The molecule has 1 aliphatic rings. The number of halogens is 1. The molecule has 1 unspecified atom stereocenters. The predicted octanol–water partition coefficient (Wildman–Crippen LogP) is 1.62. The third-order valence-electron chi connectivity index (χ3n) is 3.63. The van der Waals surface area contributed by atoms with E-state index in [0.717, 1.165) is 19.3 Å². The van der Waals surface area contributed by atoms with Crippen LogP contribution in [0.4, 0.5) is 4.39 Å². The minimum Gasteiger partial charge on any atom is -0.370 e. The van der Waals surface area contributed by atoms with Crippen molar-refractivity contribution in [3.8, 4) is 0 Å². The summed E-state index contributed by atoms with van der Waals surface area (Å²) in [5.41, 5.74) is 5.88. The molecule has 1 heterocycles. The van der Waals surface area contributed by atoms with Crippen molar-refractivity contribution in [3.63, 3.8) is 0 Å². The quantitative estimate of drug-likeness (QED) is 0.909. The van der Waals surface area contributed by atoms with E-state index in [1.165, 1.54) is 12.1 Å². The molecule has 1 saturated heterocycles. The number of carbonyl (C=O) groups is 2. The third-order valence-corrected chi connectivity index (χ3v) is 3.63. The maximum absolute atomic E-state index is 13.1. The molecule has 1 fully saturated rings. The zero-order chi connectivity index (χ0) is 14.5. The maximum atomic E-state index is 13.1. The smallest absolute Gasteiger partial charge is 0.227 e. The number of likely N-dealkylation sites (tertiary alicyclic amines) is 1. The standard InChI is InChI=1S/C15H19FN2O2/c16-12-5-3-4-11(8-12)9-15(20)18-7-2-1-6-13(18)10-14(17)19/h3-5,8,13H,1-2,6-7,9-10H2,(H2,17,19). The van der Waals surface area contributed by atoms with Gasteiger partial charge in [0.2, 0.25) is 11.8 Å². The van der Waals surface area contributed by atoms with Gasteiger partial charge in [0.1, 0.15) is 5.82 Å². The lowest BCUT2D eigenvalue weighted by atomic mass is 9.98. The summed E-state index contributed by atoms with van der Waals surface area (Å²) in [4.78, 5) is 25.1. The van der Waals surface area contributed by atoms with E-state index in [-0.39, 0.29) is 36.5 Å². The number of rotatable bonds is 4. The fourth-order valence-electron chi connectivity index (χ4n) is 2.70. The molecule has 1 aliphatic heterocycles. The molecule has 1 atom stereocenters. The van der Waals surface area contributed by atoms with Gasteiger partial charge >= 0.3 is 0 Å². The number of piperidine rings is 1. The Balaban J connectivity index is 2.04. The number of benzene rings is 1.